The molecule has 5 amide bonds. The van der Waals surface area contributed by atoms with Crippen molar-refractivity contribution in [3.05, 3.63) is 65.2 Å². The standard InChI is InChI=1S/C44H61BFN5O11S/c1-27(40(55)51-22-10-12-36(51)45-60-35-25-31-24-34(43(31,5)6)44(35,7)62-45)49-38(53)30-17-13-29(14-18-30)26-48-39(54)33(11-8-9-21-47-41(56)59-42(2,3)4)50-37(52)23-28-15-19-32(20-16-28)61-63(46,57)58/h13-20,27,31,33-36H,8-12,21-26H2,1-7H3,(H,47,56)(H,48,54)(H,49,53)(H,50,52)/t27-,31+,33+,34+,35-,36+,44+/m1/s1. The van der Waals surface area contributed by atoms with Crippen LogP contribution in [0.25, 0.3) is 0 Å². The Bertz CT molecular complexity index is 2120. The zero-order valence-electron chi connectivity index (χ0n) is 37.2. The minimum atomic E-state index is -5.21. The molecule has 2 saturated heterocycles. The smallest absolute Gasteiger partial charge is 0.444 e. The van der Waals surface area contributed by atoms with Crippen molar-refractivity contribution in [1.29, 1.82) is 0 Å². The number of alkyl carbamates (subject to hydrolysis) is 1. The second kappa shape index (κ2) is 19.2. The van der Waals surface area contributed by atoms with Gasteiger partial charge in [-0.05, 0) is 132 Å². The number of carbonyl (C=O) groups is 5. The van der Waals surface area contributed by atoms with E-state index in [9.17, 15) is 36.3 Å². The first-order valence-corrected chi connectivity index (χ1v) is 23.1. The zero-order valence-corrected chi connectivity index (χ0v) is 38.0. The summed E-state index contributed by atoms with van der Waals surface area (Å²) in [5, 5.41) is 11.1. The van der Waals surface area contributed by atoms with Crippen LogP contribution in [0.1, 0.15) is 115 Å². The Balaban J connectivity index is 0.993. The van der Waals surface area contributed by atoms with E-state index >= 15 is 0 Å². The Morgan fingerprint density at radius 3 is 2.29 bits per heavy atom. The summed E-state index contributed by atoms with van der Waals surface area (Å²) in [5.74, 6) is -1.03. The molecule has 0 spiro atoms. The molecule has 2 aromatic carbocycles. The van der Waals surface area contributed by atoms with E-state index in [4.69, 9.17) is 14.0 Å². The number of amides is 5. The highest BCUT2D eigenvalue weighted by Crippen LogP contribution is 2.66. The molecule has 3 saturated carbocycles. The van der Waals surface area contributed by atoms with Crippen LogP contribution >= 0.6 is 0 Å². The molecular weight excluding hydrogens is 836 g/mol. The molecule has 7 atom stereocenters. The third-order valence-electron chi connectivity index (χ3n) is 13.0. The lowest BCUT2D eigenvalue weighted by atomic mass is 9.43. The average Bonchev–Trinajstić information content (AvgIpc) is 3.83. The third-order valence-corrected chi connectivity index (χ3v) is 13.4. The lowest BCUT2D eigenvalue weighted by Crippen LogP contribution is -2.65. The second-order valence-corrected chi connectivity index (χ2v) is 20.0. The van der Waals surface area contributed by atoms with E-state index in [2.05, 4.69) is 46.2 Å². The maximum absolute atomic E-state index is 13.8. The molecule has 0 aromatic heterocycles. The number of hydrogen-bond donors (Lipinski definition) is 4. The number of ether oxygens (including phenoxy) is 1. The number of nitrogens with one attached hydrogen (secondary N) is 4. The van der Waals surface area contributed by atoms with E-state index in [1.165, 1.54) is 24.3 Å². The van der Waals surface area contributed by atoms with Crippen LogP contribution in [0, 0.1) is 17.3 Å². The van der Waals surface area contributed by atoms with Gasteiger partial charge in [0.25, 0.3) is 5.91 Å². The van der Waals surface area contributed by atoms with Crippen LogP contribution in [0.2, 0.25) is 0 Å². The van der Waals surface area contributed by atoms with Crippen LogP contribution in [0.15, 0.2) is 48.5 Å². The molecule has 7 rings (SSSR count). The first kappa shape index (κ1) is 47.7. The summed E-state index contributed by atoms with van der Waals surface area (Å²) in [5.41, 5.74) is 0.648. The summed E-state index contributed by atoms with van der Waals surface area (Å²) in [7, 11) is -5.71. The SMILES string of the molecule is C[C@@H](NC(=O)c1ccc(CNC(=O)[C@H](CCCCNC(=O)OC(C)(C)C)NC(=O)Cc2ccc(OS(=O)(=O)F)cc2)cc1)C(=O)N1CCC[C@H]1B1O[C@@H]2C[C@@H]3C[C@@H](C3(C)C)[C@]2(C)O1. The Morgan fingerprint density at radius 1 is 0.952 bits per heavy atom. The number of likely N-dealkylation sites (tertiary alicyclic amines) is 1. The van der Waals surface area contributed by atoms with Crippen LogP contribution in [0.5, 0.6) is 5.75 Å². The van der Waals surface area contributed by atoms with Gasteiger partial charge in [-0.25, -0.2) is 4.79 Å². The third kappa shape index (κ3) is 11.9. The van der Waals surface area contributed by atoms with Crippen molar-refractivity contribution >= 4 is 47.3 Å². The van der Waals surface area contributed by atoms with Crippen molar-refractivity contribution in [3.63, 3.8) is 0 Å². The van der Waals surface area contributed by atoms with Crippen LogP contribution in [0.4, 0.5) is 8.68 Å². The number of benzene rings is 2. The van der Waals surface area contributed by atoms with Gasteiger partial charge in [0.2, 0.25) is 17.7 Å². The second-order valence-electron chi connectivity index (χ2n) is 19.0. The van der Waals surface area contributed by atoms with Gasteiger partial charge in [0, 0.05) is 25.2 Å². The van der Waals surface area contributed by atoms with Gasteiger partial charge in [-0.1, -0.05) is 42.0 Å². The van der Waals surface area contributed by atoms with Crippen molar-refractivity contribution in [2.45, 2.75) is 142 Å². The van der Waals surface area contributed by atoms with Crippen LogP contribution in [0.3, 0.4) is 0 Å². The fourth-order valence-electron chi connectivity index (χ4n) is 9.54. The Morgan fingerprint density at radius 2 is 1.63 bits per heavy atom. The number of nitrogens with zero attached hydrogens (tertiary/aromatic N) is 1. The summed E-state index contributed by atoms with van der Waals surface area (Å²) in [6.07, 6.45) is 4.17. The fourth-order valence-corrected chi connectivity index (χ4v) is 9.89. The maximum Gasteiger partial charge on any atom is 0.488 e. The number of rotatable bonds is 17. The van der Waals surface area contributed by atoms with E-state index in [1.54, 1.807) is 56.9 Å². The highest BCUT2D eigenvalue weighted by atomic mass is 32.3. The number of hydrogen-bond acceptors (Lipinski definition) is 11. The maximum atomic E-state index is 13.8. The van der Waals surface area contributed by atoms with Crippen LogP contribution in [-0.4, -0.2) is 98.6 Å². The molecule has 5 fully saturated rings. The zero-order chi connectivity index (χ0) is 45.9. The van der Waals surface area contributed by atoms with Gasteiger partial charge in [-0.2, -0.15) is 8.42 Å². The number of unbranched alkanes of at least 4 members (excludes halogenated alkanes) is 1. The van der Waals surface area contributed by atoms with Gasteiger partial charge >= 0.3 is 23.7 Å². The predicted molar refractivity (Wildman–Crippen MR) is 231 cm³/mol. The largest absolute Gasteiger partial charge is 0.488 e. The quantitative estimate of drug-likeness (QED) is 0.0973. The molecule has 63 heavy (non-hydrogen) atoms. The normalized spacial score (nSPS) is 24.6. The van der Waals surface area contributed by atoms with E-state index in [0.29, 0.717) is 47.9 Å². The monoisotopic (exact) mass is 897 g/mol. The molecule has 0 radical (unpaired) electrons. The summed E-state index contributed by atoms with van der Waals surface area (Å²) in [6.45, 7) is 14.7. The Kier molecular flexibility index (Phi) is 14.5. The molecule has 16 nitrogen and oxygen atoms in total. The summed E-state index contributed by atoms with van der Waals surface area (Å²) >= 11 is 0. The number of halogens is 1. The molecule has 2 aromatic rings. The van der Waals surface area contributed by atoms with Gasteiger partial charge in [-0.15, -0.1) is 0 Å². The Hall–Kier alpha value is -4.75. The van der Waals surface area contributed by atoms with Gasteiger partial charge in [0.1, 0.15) is 23.4 Å². The molecule has 4 N–H and O–H groups in total. The lowest BCUT2D eigenvalue weighted by Gasteiger charge is -2.64. The summed E-state index contributed by atoms with van der Waals surface area (Å²) in [6, 6.07) is 10.1. The van der Waals surface area contributed by atoms with Crippen molar-refractivity contribution in [2.24, 2.45) is 17.3 Å². The fraction of sp³-hybridized carbons (Fsp3) is 0.614. The molecular formula is C44H61BFN5O11S. The van der Waals surface area contributed by atoms with E-state index in [1.807, 2.05) is 0 Å². The number of carbonyl (C=O) groups excluding carboxylic acids is 5. The van der Waals surface area contributed by atoms with Crippen molar-refractivity contribution in [2.75, 3.05) is 13.1 Å². The van der Waals surface area contributed by atoms with E-state index < -0.39 is 59.1 Å². The van der Waals surface area contributed by atoms with Gasteiger partial charge in [-0.3, -0.25) is 19.2 Å². The topological polar surface area (TPSA) is 208 Å². The first-order chi connectivity index (χ1) is 29.5. The van der Waals surface area contributed by atoms with Crippen molar-refractivity contribution in [3.8, 4) is 5.75 Å². The predicted octanol–water partition coefficient (Wildman–Crippen LogP) is 4.70. The highest BCUT2D eigenvalue weighted by molar-refractivity contribution is 7.81. The molecule has 5 aliphatic rings. The molecule has 3 aliphatic carbocycles. The van der Waals surface area contributed by atoms with Gasteiger partial charge in [0.05, 0.1) is 24.1 Å². The summed E-state index contributed by atoms with van der Waals surface area (Å²) < 4.78 is 57.1. The van der Waals surface area contributed by atoms with Crippen LogP contribution in [-0.2, 0) is 51.9 Å². The average molecular weight is 898 g/mol. The molecule has 2 heterocycles. The van der Waals surface area contributed by atoms with E-state index in [0.717, 1.165) is 25.7 Å². The molecule has 2 aliphatic heterocycles. The molecule has 19 heteroatoms. The minimum Gasteiger partial charge on any atom is -0.444 e. The van der Waals surface area contributed by atoms with E-state index in [-0.39, 0.29) is 60.6 Å². The van der Waals surface area contributed by atoms with Gasteiger partial charge in [0.15, 0.2) is 0 Å². The molecule has 2 bridgehead atoms. The summed E-state index contributed by atoms with van der Waals surface area (Å²) in [4.78, 5) is 67.5. The minimum absolute atomic E-state index is 0.0135. The van der Waals surface area contributed by atoms with Crippen molar-refractivity contribution < 1.29 is 54.5 Å². The first-order valence-electron chi connectivity index (χ1n) is 21.8. The molecule has 0 unspecified atom stereocenters. The Labute approximate surface area is 370 Å². The molecule has 344 valence electrons. The lowest BCUT2D eigenvalue weighted by molar-refractivity contribution is -0.199. The highest BCUT2D eigenvalue weighted by Gasteiger charge is 2.69. The van der Waals surface area contributed by atoms with Crippen molar-refractivity contribution in [1.82, 2.24) is 26.2 Å². The van der Waals surface area contributed by atoms with Crippen LogP contribution < -0.4 is 25.5 Å². The van der Waals surface area contributed by atoms with Gasteiger partial charge < -0.3 is 44.4 Å².